The molecule has 1 fully saturated rings. The third kappa shape index (κ3) is 5.51. The van der Waals surface area contributed by atoms with Gasteiger partial charge in [0.2, 0.25) is 15.9 Å². The summed E-state index contributed by atoms with van der Waals surface area (Å²) >= 11 is 7.16. The summed E-state index contributed by atoms with van der Waals surface area (Å²) < 4.78 is 26.6. The molecule has 172 valence electrons. The summed E-state index contributed by atoms with van der Waals surface area (Å²) in [5.74, 6) is -0.595. The Hall–Kier alpha value is -1.94. The number of imide groups is 1. The van der Waals surface area contributed by atoms with Crippen molar-refractivity contribution in [2.24, 2.45) is 0 Å². The number of likely N-dealkylation sites (tertiary alicyclic amines) is 1. The highest BCUT2D eigenvalue weighted by Gasteiger charge is 2.32. The average molecular weight is 496 g/mol. The van der Waals surface area contributed by atoms with E-state index in [1.165, 1.54) is 33.2 Å². The van der Waals surface area contributed by atoms with Crippen LogP contribution in [0.2, 0.25) is 5.02 Å². The number of nitrogens with zero attached hydrogens (tertiary/aromatic N) is 3. The minimum absolute atomic E-state index is 0.122. The Morgan fingerprint density at radius 1 is 1.16 bits per heavy atom. The molecule has 2 heterocycles. The fourth-order valence-corrected chi connectivity index (χ4v) is 6.11. The molecule has 1 aromatic heterocycles. The molecule has 0 spiro atoms. The standard InChI is InChI=1S/C22H26ClN3O4S2/c1-3-25(4-2)32(29,30)18-12-13-20(24-15-18)31-19-7-5-6-14-26(22(19)28)21(27)16-8-10-17(23)11-9-16/h8-13,15,19H,3-7,14H2,1-2H3. The molecule has 0 saturated carbocycles. The van der Waals surface area contributed by atoms with E-state index in [0.717, 1.165) is 12.8 Å². The van der Waals surface area contributed by atoms with Gasteiger partial charge in [-0.1, -0.05) is 43.6 Å². The Morgan fingerprint density at radius 3 is 2.44 bits per heavy atom. The van der Waals surface area contributed by atoms with Crippen molar-refractivity contribution in [2.45, 2.75) is 48.3 Å². The smallest absolute Gasteiger partial charge is 0.260 e. The van der Waals surface area contributed by atoms with Crippen molar-refractivity contribution in [3.8, 4) is 0 Å². The van der Waals surface area contributed by atoms with Gasteiger partial charge in [0.1, 0.15) is 4.90 Å². The number of carbonyl (C=O) groups is 2. The Labute approximate surface area is 198 Å². The minimum Gasteiger partial charge on any atom is -0.278 e. The summed E-state index contributed by atoms with van der Waals surface area (Å²) in [7, 11) is -3.59. The molecule has 10 heteroatoms. The zero-order valence-electron chi connectivity index (χ0n) is 18.0. The Kier molecular flexibility index (Phi) is 8.32. The maximum absolute atomic E-state index is 13.2. The maximum atomic E-state index is 13.2. The van der Waals surface area contributed by atoms with Crippen molar-refractivity contribution >= 4 is 45.2 Å². The first-order valence-electron chi connectivity index (χ1n) is 10.5. The topological polar surface area (TPSA) is 87.7 Å². The van der Waals surface area contributed by atoms with Crippen LogP contribution in [0.4, 0.5) is 0 Å². The summed E-state index contributed by atoms with van der Waals surface area (Å²) in [6, 6.07) is 9.61. The first-order valence-corrected chi connectivity index (χ1v) is 13.2. The zero-order chi connectivity index (χ0) is 23.3. The number of hydrogen-bond acceptors (Lipinski definition) is 6. The van der Waals surface area contributed by atoms with Gasteiger partial charge in [-0.2, -0.15) is 4.31 Å². The number of halogens is 1. The van der Waals surface area contributed by atoms with Crippen LogP contribution in [0, 0.1) is 0 Å². The molecule has 1 aromatic carbocycles. The van der Waals surface area contributed by atoms with E-state index < -0.39 is 15.3 Å². The second-order valence-electron chi connectivity index (χ2n) is 7.33. The number of pyridine rings is 1. The fourth-order valence-electron chi connectivity index (χ4n) is 3.51. The maximum Gasteiger partial charge on any atom is 0.260 e. The van der Waals surface area contributed by atoms with Gasteiger partial charge in [0.25, 0.3) is 5.91 Å². The molecule has 0 bridgehead atoms. The SMILES string of the molecule is CCN(CC)S(=O)(=O)c1ccc(SC2CCCCN(C(=O)c3ccc(Cl)cc3)C2=O)nc1. The first kappa shape index (κ1) is 24.7. The molecule has 0 N–H and O–H groups in total. The lowest BCUT2D eigenvalue weighted by atomic mass is 10.2. The monoisotopic (exact) mass is 495 g/mol. The largest absolute Gasteiger partial charge is 0.278 e. The molecule has 2 aromatic rings. The van der Waals surface area contributed by atoms with Crippen LogP contribution in [-0.4, -0.2) is 59.3 Å². The molecule has 1 aliphatic heterocycles. The van der Waals surface area contributed by atoms with Gasteiger partial charge < -0.3 is 0 Å². The molecule has 1 saturated heterocycles. The second-order valence-corrected chi connectivity index (χ2v) is 10.9. The average Bonchev–Trinajstić information content (AvgIpc) is 2.96. The van der Waals surface area contributed by atoms with Gasteiger partial charge in [-0.15, -0.1) is 0 Å². The number of aromatic nitrogens is 1. The summed E-state index contributed by atoms with van der Waals surface area (Å²) in [6.07, 6.45) is 3.49. The summed E-state index contributed by atoms with van der Waals surface area (Å²) in [5.41, 5.74) is 0.414. The normalized spacial score (nSPS) is 17.4. The first-order chi connectivity index (χ1) is 15.3. The molecule has 0 radical (unpaired) electrons. The number of sulfonamides is 1. The summed E-state index contributed by atoms with van der Waals surface area (Å²) in [4.78, 5) is 31.8. The number of thioether (sulfide) groups is 1. The molecule has 2 amide bonds. The van der Waals surface area contributed by atoms with Crippen LogP contribution < -0.4 is 0 Å². The van der Waals surface area contributed by atoms with Crippen LogP contribution in [0.25, 0.3) is 0 Å². The van der Waals surface area contributed by atoms with Crippen molar-refractivity contribution in [3.63, 3.8) is 0 Å². The van der Waals surface area contributed by atoms with Crippen LogP contribution in [0.15, 0.2) is 52.5 Å². The molecule has 1 atom stereocenters. The highest BCUT2D eigenvalue weighted by molar-refractivity contribution is 8.00. The van der Waals surface area contributed by atoms with E-state index in [-0.39, 0.29) is 16.7 Å². The third-order valence-corrected chi connectivity index (χ3v) is 8.78. The summed E-state index contributed by atoms with van der Waals surface area (Å²) in [6.45, 7) is 4.69. The lowest BCUT2D eigenvalue weighted by molar-refractivity contribution is -0.127. The van der Waals surface area contributed by atoms with Gasteiger partial charge in [-0.3, -0.25) is 14.5 Å². The number of amides is 2. The van der Waals surface area contributed by atoms with E-state index in [2.05, 4.69) is 4.98 Å². The molecule has 1 unspecified atom stereocenters. The number of hydrogen-bond donors (Lipinski definition) is 0. The molecule has 32 heavy (non-hydrogen) atoms. The highest BCUT2D eigenvalue weighted by Crippen LogP contribution is 2.30. The van der Waals surface area contributed by atoms with E-state index in [0.29, 0.717) is 41.7 Å². The predicted molar refractivity (Wildman–Crippen MR) is 125 cm³/mol. The van der Waals surface area contributed by atoms with Crippen LogP contribution in [0.3, 0.4) is 0 Å². The van der Waals surface area contributed by atoms with E-state index in [9.17, 15) is 18.0 Å². The van der Waals surface area contributed by atoms with E-state index in [1.807, 2.05) is 0 Å². The highest BCUT2D eigenvalue weighted by atomic mass is 35.5. The van der Waals surface area contributed by atoms with Crippen LogP contribution in [-0.2, 0) is 14.8 Å². The Bertz CT molecular complexity index is 1060. The van der Waals surface area contributed by atoms with Crippen molar-refractivity contribution in [1.29, 1.82) is 0 Å². The van der Waals surface area contributed by atoms with E-state index in [4.69, 9.17) is 11.6 Å². The van der Waals surface area contributed by atoms with Gasteiger partial charge in [0.05, 0.1) is 10.3 Å². The number of carbonyl (C=O) groups excluding carboxylic acids is 2. The third-order valence-electron chi connectivity index (χ3n) is 5.29. The number of rotatable bonds is 7. The van der Waals surface area contributed by atoms with Crippen molar-refractivity contribution in [3.05, 3.63) is 53.2 Å². The quantitative estimate of drug-likeness (QED) is 0.538. The lowest BCUT2D eigenvalue weighted by Crippen LogP contribution is -2.41. The van der Waals surface area contributed by atoms with Crippen molar-refractivity contribution < 1.29 is 18.0 Å². The Morgan fingerprint density at radius 2 is 1.84 bits per heavy atom. The van der Waals surface area contributed by atoms with Crippen molar-refractivity contribution in [1.82, 2.24) is 14.2 Å². The second kappa shape index (κ2) is 10.8. The number of benzene rings is 1. The lowest BCUT2D eigenvalue weighted by Gasteiger charge is -2.22. The summed E-state index contributed by atoms with van der Waals surface area (Å²) in [5, 5.41) is 0.601. The molecule has 7 nitrogen and oxygen atoms in total. The molecular formula is C22H26ClN3O4S2. The van der Waals surface area contributed by atoms with E-state index in [1.54, 1.807) is 44.2 Å². The minimum atomic E-state index is -3.59. The van der Waals surface area contributed by atoms with E-state index >= 15 is 0 Å². The van der Waals surface area contributed by atoms with Crippen LogP contribution in [0.1, 0.15) is 43.5 Å². The predicted octanol–water partition coefficient (Wildman–Crippen LogP) is 4.08. The molecule has 3 rings (SSSR count). The fraction of sp³-hybridized carbons (Fsp3) is 0.409. The molecule has 1 aliphatic rings. The van der Waals surface area contributed by atoms with Gasteiger partial charge in [-0.05, 0) is 49.2 Å². The van der Waals surface area contributed by atoms with Crippen LogP contribution in [0.5, 0.6) is 0 Å². The van der Waals surface area contributed by atoms with Gasteiger partial charge >= 0.3 is 0 Å². The molecular weight excluding hydrogens is 470 g/mol. The van der Waals surface area contributed by atoms with Crippen molar-refractivity contribution in [2.75, 3.05) is 19.6 Å². The van der Waals surface area contributed by atoms with Crippen LogP contribution >= 0.6 is 23.4 Å². The zero-order valence-corrected chi connectivity index (χ0v) is 20.4. The Balaban J connectivity index is 1.75. The van der Waals surface area contributed by atoms with Gasteiger partial charge in [-0.25, -0.2) is 13.4 Å². The van der Waals surface area contributed by atoms with Gasteiger partial charge in [0.15, 0.2) is 0 Å². The van der Waals surface area contributed by atoms with Gasteiger partial charge in [0, 0.05) is 36.4 Å². The molecule has 0 aliphatic carbocycles.